The molecule has 1 aliphatic rings. The summed E-state index contributed by atoms with van der Waals surface area (Å²) in [6, 6.07) is 0.656. The number of likely N-dealkylation sites (tertiary alicyclic amines) is 1. The van der Waals surface area contributed by atoms with Crippen LogP contribution in [0.4, 0.5) is 0 Å². The van der Waals surface area contributed by atoms with E-state index < -0.39 is 0 Å². The van der Waals surface area contributed by atoms with Gasteiger partial charge < -0.3 is 10.3 Å². The van der Waals surface area contributed by atoms with Crippen LogP contribution in [0.1, 0.15) is 51.2 Å². The summed E-state index contributed by atoms with van der Waals surface area (Å²) < 4.78 is 5.06. The summed E-state index contributed by atoms with van der Waals surface area (Å²) in [5.74, 6) is 2.06. The molecular weight excluding hydrogens is 264 g/mol. The standard InChI is InChI=1S/C13H24N4O.ClH/c1-3-5-11-10(2)6-4-7-17(11)9-12-15-13(8-14)18-16-12;/h10-11H,3-9,14H2,1-2H3;1H. The summed E-state index contributed by atoms with van der Waals surface area (Å²) in [5, 5.41) is 3.99. The van der Waals surface area contributed by atoms with Crippen molar-refractivity contribution in [2.75, 3.05) is 6.54 Å². The van der Waals surface area contributed by atoms with E-state index in [2.05, 4.69) is 28.9 Å². The minimum atomic E-state index is 0. The quantitative estimate of drug-likeness (QED) is 0.901. The molecule has 2 unspecified atom stereocenters. The van der Waals surface area contributed by atoms with Crippen LogP contribution in [0, 0.1) is 5.92 Å². The van der Waals surface area contributed by atoms with E-state index in [0.717, 1.165) is 24.8 Å². The van der Waals surface area contributed by atoms with Crippen LogP contribution in [0.2, 0.25) is 0 Å². The summed E-state index contributed by atoms with van der Waals surface area (Å²) in [6.07, 6.45) is 5.08. The van der Waals surface area contributed by atoms with Gasteiger partial charge in [-0.15, -0.1) is 12.4 Å². The Morgan fingerprint density at radius 3 is 2.89 bits per heavy atom. The lowest BCUT2D eigenvalue weighted by molar-refractivity contribution is 0.0830. The lowest BCUT2D eigenvalue weighted by atomic mass is 9.88. The fraction of sp³-hybridized carbons (Fsp3) is 0.846. The van der Waals surface area contributed by atoms with Gasteiger partial charge in [0.2, 0.25) is 5.89 Å². The highest BCUT2D eigenvalue weighted by molar-refractivity contribution is 5.85. The maximum absolute atomic E-state index is 5.48. The largest absolute Gasteiger partial charge is 0.338 e. The fourth-order valence-corrected chi connectivity index (χ4v) is 2.91. The molecule has 0 radical (unpaired) electrons. The Morgan fingerprint density at radius 1 is 1.47 bits per heavy atom. The average molecular weight is 289 g/mol. The van der Waals surface area contributed by atoms with Crippen LogP contribution in [0.15, 0.2) is 4.52 Å². The number of piperidine rings is 1. The topological polar surface area (TPSA) is 68.2 Å². The molecule has 1 aliphatic heterocycles. The highest BCUT2D eigenvalue weighted by Gasteiger charge is 2.28. The Kier molecular flexibility index (Phi) is 6.75. The van der Waals surface area contributed by atoms with Crippen LogP contribution in [-0.2, 0) is 13.1 Å². The molecule has 0 bridgehead atoms. The normalized spacial score (nSPS) is 24.2. The van der Waals surface area contributed by atoms with Crippen LogP contribution < -0.4 is 5.73 Å². The lowest BCUT2D eigenvalue weighted by Crippen LogP contribution is -2.43. The molecule has 0 aliphatic carbocycles. The molecule has 0 aromatic carbocycles. The van der Waals surface area contributed by atoms with E-state index in [1.54, 1.807) is 0 Å². The predicted octanol–water partition coefficient (Wildman–Crippen LogP) is 2.35. The molecule has 2 N–H and O–H groups in total. The minimum Gasteiger partial charge on any atom is -0.338 e. The van der Waals surface area contributed by atoms with E-state index >= 15 is 0 Å². The van der Waals surface area contributed by atoms with Crippen LogP contribution in [-0.4, -0.2) is 27.6 Å². The highest BCUT2D eigenvalue weighted by atomic mass is 35.5. The van der Waals surface area contributed by atoms with Crippen molar-refractivity contribution >= 4 is 12.4 Å². The monoisotopic (exact) mass is 288 g/mol. The van der Waals surface area contributed by atoms with Gasteiger partial charge in [-0.2, -0.15) is 4.98 Å². The maximum Gasteiger partial charge on any atom is 0.240 e. The van der Waals surface area contributed by atoms with Crippen molar-refractivity contribution in [3.63, 3.8) is 0 Å². The molecule has 110 valence electrons. The molecule has 2 rings (SSSR count). The first-order valence-corrected chi connectivity index (χ1v) is 7.00. The lowest BCUT2D eigenvalue weighted by Gasteiger charge is -2.39. The predicted molar refractivity (Wildman–Crippen MR) is 76.9 cm³/mol. The number of hydrogen-bond donors (Lipinski definition) is 1. The van der Waals surface area contributed by atoms with Crippen LogP contribution in [0.25, 0.3) is 0 Å². The second-order valence-electron chi connectivity index (χ2n) is 5.25. The van der Waals surface area contributed by atoms with E-state index in [-0.39, 0.29) is 12.4 Å². The van der Waals surface area contributed by atoms with Crippen LogP contribution in [0.3, 0.4) is 0 Å². The molecule has 1 saturated heterocycles. The first kappa shape index (κ1) is 16.4. The van der Waals surface area contributed by atoms with Crippen molar-refractivity contribution in [1.82, 2.24) is 15.0 Å². The molecule has 2 atom stereocenters. The molecule has 1 fully saturated rings. The third-order valence-corrected chi connectivity index (χ3v) is 3.84. The number of nitrogens with zero attached hydrogens (tertiary/aromatic N) is 3. The first-order valence-electron chi connectivity index (χ1n) is 7.00. The zero-order valence-corrected chi connectivity index (χ0v) is 12.7. The molecule has 2 heterocycles. The third kappa shape index (κ3) is 4.16. The summed E-state index contributed by atoms with van der Waals surface area (Å²) in [5.41, 5.74) is 5.48. The van der Waals surface area contributed by atoms with Gasteiger partial charge in [0.25, 0.3) is 0 Å². The fourth-order valence-electron chi connectivity index (χ4n) is 2.91. The van der Waals surface area contributed by atoms with Crippen LogP contribution in [0.5, 0.6) is 0 Å². The Labute approximate surface area is 121 Å². The van der Waals surface area contributed by atoms with Gasteiger partial charge in [0.05, 0.1) is 13.1 Å². The molecule has 6 heteroatoms. The van der Waals surface area contributed by atoms with Crippen molar-refractivity contribution in [1.29, 1.82) is 0 Å². The van der Waals surface area contributed by atoms with Gasteiger partial charge >= 0.3 is 0 Å². The van der Waals surface area contributed by atoms with E-state index in [0.29, 0.717) is 18.5 Å². The van der Waals surface area contributed by atoms with Crippen molar-refractivity contribution in [3.05, 3.63) is 11.7 Å². The Hall–Kier alpha value is -0.650. The molecule has 19 heavy (non-hydrogen) atoms. The van der Waals surface area contributed by atoms with E-state index in [1.807, 2.05) is 0 Å². The molecule has 0 saturated carbocycles. The Morgan fingerprint density at radius 2 is 2.26 bits per heavy atom. The molecule has 1 aromatic heterocycles. The molecule has 0 amide bonds. The first-order chi connectivity index (χ1) is 8.74. The zero-order valence-electron chi connectivity index (χ0n) is 11.8. The van der Waals surface area contributed by atoms with E-state index in [4.69, 9.17) is 10.3 Å². The highest BCUT2D eigenvalue weighted by Crippen LogP contribution is 2.27. The number of halogens is 1. The number of hydrogen-bond acceptors (Lipinski definition) is 5. The molecular formula is C13H25ClN4O. The van der Waals surface area contributed by atoms with E-state index in [1.165, 1.54) is 25.7 Å². The summed E-state index contributed by atoms with van der Waals surface area (Å²) in [7, 11) is 0. The molecule has 1 aromatic rings. The third-order valence-electron chi connectivity index (χ3n) is 3.84. The van der Waals surface area contributed by atoms with Gasteiger partial charge in [-0.1, -0.05) is 25.4 Å². The maximum atomic E-state index is 5.48. The number of aromatic nitrogens is 2. The summed E-state index contributed by atoms with van der Waals surface area (Å²) >= 11 is 0. The van der Waals surface area contributed by atoms with E-state index in [9.17, 15) is 0 Å². The van der Waals surface area contributed by atoms with Gasteiger partial charge in [0, 0.05) is 6.04 Å². The average Bonchev–Trinajstić information content (AvgIpc) is 2.81. The minimum absolute atomic E-state index is 0. The van der Waals surface area contributed by atoms with Crippen molar-refractivity contribution in [2.24, 2.45) is 11.7 Å². The number of rotatable bonds is 5. The van der Waals surface area contributed by atoms with Gasteiger partial charge in [0.1, 0.15) is 0 Å². The van der Waals surface area contributed by atoms with Crippen molar-refractivity contribution in [2.45, 2.75) is 58.7 Å². The zero-order chi connectivity index (χ0) is 13.0. The van der Waals surface area contributed by atoms with Gasteiger partial charge in [0.15, 0.2) is 5.82 Å². The second kappa shape index (κ2) is 7.82. The van der Waals surface area contributed by atoms with Crippen LogP contribution >= 0.6 is 12.4 Å². The Bertz CT molecular complexity index is 371. The summed E-state index contributed by atoms with van der Waals surface area (Å²) in [4.78, 5) is 6.80. The van der Waals surface area contributed by atoms with Gasteiger partial charge in [-0.25, -0.2) is 0 Å². The second-order valence-corrected chi connectivity index (χ2v) is 5.25. The van der Waals surface area contributed by atoms with Crippen molar-refractivity contribution in [3.8, 4) is 0 Å². The number of nitrogens with two attached hydrogens (primary N) is 1. The van der Waals surface area contributed by atoms with Crippen molar-refractivity contribution < 1.29 is 4.52 Å². The Balaban J connectivity index is 0.00000180. The molecule has 0 spiro atoms. The van der Waals surface area contributed by atoms with Gasteiger partial charge in [-0.3, -0.25) is 4.90 Å². The summed E-state index contributed by atoms with van der Waals surface area (Å²) in [6.45, 7) is 6.86. The smallest absolute Gasteiger partial charge is 0.240 e. The SMILES string of the molecule is CCCC1C(C)CCCN1Cc1noc(CN)n1.Cl. The molecule has 5 nitrogen and oxygen atoms in total. The van der Waals surface area contributed by atoms with Gasteiger partial charge in [-0.05, 0) is 31.7 Å².